The van der Waals surface area contributed by atoms with Crippen LogP contribution in [0.4, 0.5) is 0 Å². The Labute approximate surface area is 101 Å². The van der Waals surface area contributed by atoms with Crippen molar-refractivity contribution in [1.82, 2.24) is 0 Å². The lowest BCUT2D eigenvalue weighted by atomic mass is 10.2. The van der Waals surface area contributed by atoms with Crippen LogP contribution in [0.1, 0.15) is 11.1 Å². The lowest BCUT2D eigenvalue weighted by Crippen LogP contribution is -1.96. The van der Waals surface area contributed by atoms with Crippen LogP contribution < -0.4 is 16.2 Å². The number of hydrogen-bond donors (Lipinski definition) is 2. The maximum atomic E-state index is 5.72. The minimum absolute atomic E-state index is 0.517. The highest BCUT2D eigenvalue weighted by Gasteiger charge is 1.98. The van der Waals surface area contributed by atoms with Gasteiger partial charge in [-0.1, -0.05) is 24.3 Å². The van der Waals surface area contributed by atoms with Crippen molar-refractivity contribution < 1.29 is 4.74 Å². The fourth-order valence-electron chi connectivity index (χ4n) is 1.57. The van der Waals surface area contributed by atoms with Crippen molar-refractivity contribution >= 4 is 0 Å². The molecule has 0 fully saturated rings. The maximum Gasteiger partial charge on any atom is 0.127 e. The van der Waals surface area contributed by atoms with E-state index in [4.69, 9.17) is 16.2 Å². The van der Waals surface area contributed by atoms with Gasteiger partial charge in [-0.25, -0.2) is 0 Å². The van der Waals surface area contributed by atoms with Crippen molar-refractivity contribution in [2.45, 2.75) is 13.1 Å². The molecule has 0 bridgehead atoms. The first-order chi connectivity index (χ1) is 8.31. The molecule has 0 saturated carbocycles. The van der Waals surface area contributed by atoms with Crippen LogP contribution in [0.5, 0.6) is 11.5 Å². The summed E-state index contributed by atoms with van der Waals surface area (Å²) in [5.41, 5.74) is 13.3. The second kappa shape index (κ2) is 5.48. The average Bonchev–Trinajstić information content (AvgIpc) is 2.40. The van der Waals surface area contributed by atoms with Crippen LogP contribution in [0.15, 0.2) is 48.5 Å². The number of benzene rings is 2. The number of rotatable bonds is 4. The summed E-state index contributed by atoms with van der Waals surface area (Å²) in [6.07, 6.45) is 0. The molecule has 2 aromatic rings. The molecular formula is C14H16N2O. The fourth-order valence-corrected chi connectivity index (χ4v) is 1.57. The number of nitrogens with two attached hydrogens (primary N) is 2. The molecular weight excluding hydrogens is 212 g/mol. The van der Waals surface area contributed by atoms with Gasteiger partial charge >= 0.3 is 0 Å². The minimum atomic E-state index is 0.517. The van der Waals surface area contributed by atoms with Crippen LogP contribution in [0.2, 0.25) is 0 Å². The van der Waals surface area contributed by atoms with Crippen molar-refractivity contribution in [3.8, 4) is 11.5 Å². The average molecular weight is 228 g/mol. The number of ether oxygens (including phenoxy) is 1. The molecule has 0 saturated heterocycles. The van der Waals surface area contributed by atoms with Gasteiger partial charge in [0.25, 0.3) is 0 Å². The van der Waals surface area contributed by atoms with E-state index in [1.54, 1.807) is 0 Å². The van der Waals surface area contributed by atoms with Gasteiger partial charge < -0.3 is 16.2 Å². The first-order valence-corrected chi connectivity index (χ1v) is 5.57. The molecule has 0 amide bonds. The topological polar surface area (TPSA) is 61.3 Å². The van der Waals surface area contributed by atoms with Crippen molar-refractivity contribution in [2.75, 3.05) is 0 Å². The van der Waals surface area contributed by atoms with Gasteiger partial charge in [-0.3, -0.25) is 0 Å². The Morgan fingerprint density at radius 1 is 0.765 bits per heavy atom. The van der Waals surface area contributed by atoms with Crippen molar-refractivity contribution in [1.29, 1.82) is 0 Å². The van der Waals surface area contributed by atoms with Gasteiger partial charge in [-0.2, -0.15) is 0 Å². The normalized spacial score (nSPS) is 10.2. The Kier molecular flexibility index (Phi) is 3.75. The molecule has 88 valence electrons. The van der Waals surface area contributed by atoms with E-state index in [2.05, 4.69) is 0 Å². The Bertz CT molecular complexity index is 480. The standard InChI is InChI=1S/C14H16N2O/c15-9-11-4-6-13(7-5-11)17-14-3-1-2-12(8-14)10-16/h1-8H,9-10,15-16H2. The van der Waals surface area contributed by atoms with Crippen LogP contribution in [0.25, 0.3) is 0 Å². The van der Waals surface area contributed by atoms with E-state index in [1.165, 1.54) is 0 Å². The van der Waals surface area contributed by atoms with Gasteiger partial charge in [0.15, 0.2) is 0 Å². The summed E-state index contributed by atoms with van der Waals surface area (Å²) in [6.45, 7) is 1.06. The highest BCUT2D eigenvalue weighted by atomic mass is 16.5. The molecule has 0 heterocycles. The Morgan fingerprint density at radius 2 is 1.47 bits per heavy atom. The van der Waals surface area contributed by atoms with Crippen molar-refractivity contribution in [3.05, 3.63) is 59.7 Å². The van der Waals surface area contributed by atoms with E-state index in [0.29, 0.717) is 13.1 Å². The molecule has 2 rings (SSSR count). The van der Waals surface area contributed by atoms with Gasteiger partial charge in [0.1, 0.15) is 11.5 Å². The van der Waals surface area contributed by atoms with E-state index in [1.807, 2.05) is 48.5 Å². The molecule has 0 atom stereocenters. The Balaban J connectivity index is 2.13. The predicted molar refractivity (Wildman–Crippen MR) is 68.7 cm³/mol. The first-order valence-electron chi connectivity index (χ1n) is 5.57. The minimum Gasteiger partial charge on any atom is -0.457 e. The summed E-state index contributed by atoms with van der Waals surface area (Å²) < 4.78 is 5.72. The Morgan fingerprint density at radius 3 is 2.12 bits per heavy atom. The van der Waals surface area contributed by atoms with Crippen LogP contribution in [-0.4, -0.2) is 0 Å². The molecule has 2 aromatic carbocycles. The van der Waals surface area contributed by atoms with E-state index in [0.717, 1.165) is 22.6 Å². The van der Waals surface area contributed by atoms with Crippen LogP contribution in [0.3, 0.4) is 0 Å². The second-order valence-electron chi connectivity index (χ2n) is 3.80. The first kappa shape index (κ1) is 11.6. The smallest absolute Gasteiger partial charge is 0.127 e. The third-order valence-electron chi connectivity index (χ3n) is 2.53. The zero-order valence-electron chi connectivity index (χ0n) is 9.60. The molecule has 0 aromatic heterocycles. The molecule has 0 aliphatic carbocycles. The monoisotopic (exact) mass is 228 g/mol. The lowest BCUT2D eigenvalue weighted by molar-refractivity contribution is 0.482. The molecule has 3 heteroatoms. The zero-order valence-corrected chi connectivity index (χ0v) is 9.60. The van der Waals surface area contributed by atoms with Crippen molar-refractivity contribution in [3.63, 3.8) is 0 Å². The van der Waals surface area contributed by atoms with E-state index in [9.17, 15) is 0 Å². The zero-order chi connectivity index (χ0) is 12.1. The van der Waals surface area contributed by atoms with E-state index in [-0.39, 0.29) is 0 Å². The highest BCUT2D eigenvalue weighted by molar-refractivity contribution is 5.35. The molecule has 4 N–H and O–H groups in total. The molecule has 0 unspecified atom stereocenters. The lowest BCUT2D eigenvalue weighted by Gasteiger charge is -2.07. The highest BCUT2D eigenvalue weighted by Crippen LogP contribution is 2.22. The van der Waals surface area contributed by atoms with Crippen LogP contribution in [-0.2, 0) is 13.1 Å². The third kappa shape index (κ3) is 3.06. The Hall–Kier alpha value is -1.84. The van der Waals surface area contributed by atoms with Gasteiger partial charge in [0, 0.05) is 13.1 Å². The van der Waals surface area contributed by atoms with Crippen LogP contribution >= 0.6 is 0 Å². The second-order valence-corrected chi connectivity index (χ2v) is 3.80. The maximum absolute atomic E-state index is 5.72. The van der Waals surface area contributed by atoms with Crippen molar-refractivity contribution in [2.24, 2.45) is 11.5 Å². The largest absolute Gasteiger partial charge is 0.457 e. The van der Waals surface area contributed by atoms with Gasteiger partial charge in [-0.15, -0.1) is 0 Å². The molecule has 0 radical (unpaired) electrons. The van der Waals surface area contributed by atoms with Gasteiger partial charge in [0.2, 0.25) is 0 Å². The summed E-state index contributed by atoms with van der Waals surface area (Å²) in [5.74, 6) is 1.60. The molecule has 0 spiro atoms. The molecule has 0 aliphatic rings. The number of hydrogen-bond acceptors (Lipinski definition) is 3. The SMILES string of the molecule is NCc1ccc(Oc2cccc(CN)c2)cc1. The third-order valence-corrected chi connectivity index (χ3v) is 2.53. The van der Waals surface area contributed by atoms with E-state index < -0.39 is 0 Å². The van der Waals surface area contributed by atoms with E-state index >= 15 is 0 Å². The quantitative estimate of drug-likeness (QED) is 0.844. The molecule has 0 aliphatic heterocycles. The fraction of sp³-hybridized carbons (Fsp3) is 0.143. The van der Waals surface area contributed by atoms with Crippen LogP contribution in [0, 0.1) is 0 Å². The molecule has 3 nitrogen and oxygen atoms in total. The summed E-state index contributed by atoms with van der Waals surface area (Å²) in [7, 11) is 0. The van der Waals surface area contributed by atoms with Gasteiger partial charge in [-0.05, 0) is 35.4 Å². The van der Waals surface area contributed by atoms with Gasteiger partial charge in [0.05, 0.1) is 0 Å². The summed E-state index contributed by atoms with van der Waals surface area (Å²) in [4.78, 5) is 0. The predicted octanol–water partition coefficient (Wildman–Crippen LogP) is 2.40. The molecule has 17 heavy (non-hydrogen) atoms. The summed E-state index contributed by atoms with van der Waals surface area (Å²) in [6, 6.07) is 15.5. The summed E-state index contributed by atoms with van der Waals surface area (Å²) in [5, 5.41) is 0. The summed E-state index contributed by atoms with van der Waals surface area (Å²) >= 11 is 0.